The van der Waals surface area contributed by atoms with E-state index in [1.54, 1.807) is 44.3 Å². The molecule has 13 heteroatoms. The number of carbonyl (C=O) groups is 2. The molecule has 4 N–H and O–H groups in total. The largest absolute Gasteiger partial charge is 0.481 e. The number of amides is 2. The molecule has 0 saturated heterocycles. The zero-order chi connectivity index (χ0) is 35.2. The first-order valence-electron chi connectivity index (χ1n) is 16.0. The molecule has 1 heterocycles. The van der Waals surface area contributed by atoms with Gasteiger partial charge >= 0.3 is 13.7 Å². The van der Waals surface area contributed by atoms with Gasteiger partial charge in [0.05, 0.1) is 38.2 Å². The third kappa shape index (κ3) is 12.3. The highest BCUT2D eigenvalue weighted by Crippen LogP contribution is 2.47. The minimum absolute atomic E-state index is 0.183. The second-order valence-electron chi connectivity index (χ2n) is 12.2. The van der Waals surface area contributed by atoms with Crippen LogP contribution >= 0.6 is 7.60 Å². The van der Waals surface area contributed by atoms with Crippen molar-refractivity contribution < 1.29 is 37.8 Å². The smallest absolute Gasteiger partial charge is 0.407 e. The van der Waals surface area contributed by atoms with Gasteiger partial charge in [0.2, 0.25) is 5.91 Å². The number of ether oxygens (including phenoxy) is 2. The van der Waals surface area contributed by atoms with Crippen LogP contribution in [0.5, 0.6) is 5.75 Å². The van der Waals surface area contributed by atoms with E-state index in [-0.39, 0.29) is 32.5 Å². The second kappa shape index (κ2) is 18.7. The maximum Gasteiger partial charge on any atom is 0.407 e. The zero-order valence-electron chi connectivity index (χ0n) is 28.6. The normalized spacial score (nSPS) is 13.6. The lowest BCUT2D eigenvalue weighted by Crippen LogP contribution is -2.58. The third-order valence-electron chi connectivity index (χ3n) is 7.38. The van der Waals surface area contributed by atoms with Crippen molar-refractivity contribution in [1.82, 2.24) is 20.9 Å². The Bertz CT molecular complexity index is 1460. The van der Waals surface area contributed by atoms with Gasteiger partial charge in [0.1, 0.15) is 11.8 Å². The molecule has 0 saturated carbocycles. The molecule has 1 aromatic heterocycles. The minimum atomic E-state index is -3.39. The van der Waals surface area contributed by atoms with Crippen LogP contribution in [0.15, 0.2) is 72.9 Å². The molecule has 2 aromatic carbocycles. The predicted octanol–water partition coefficient (Wildman–Crippen LogP) is 5.30. The number of pyridine rings is 1. The fourth-order valence-electron chi connectivity index (χ4n) is 4.87. The van der Waals surface area contributed by atoms with Gasteiger partial charge in [-0.3, -0.25) is 14.3 Å². The summed E-state index contributed by atoms with van der Waals surface area (Å²) in [6, 6.07) is 19.2. The molecule has 48 heavy (non-hydrogen) atoms. The van der Waals surface area contributed by atoms with Gasteiger partial charge in [-0.15, -0.1) is 0 Å². The van der Waals surface area contributed by atoms with Crippen LogP contribution in [0.4, 0.5) is 4.79 Å². The Labute approximate surface area is 283 Å². The summed E-state index contributed by atoms with van der Waals surface area (Å²) >= 11 is 0. The van der Waals surface area contributed by atoms with Gasteiger partial charge in [-0.05, 0) is 61.1 Å². The molecule has 0 radical (unpaired) electrons. The van der Waals surface area contributed by atoms with Crippen molar-refractivity contribution in [3.8, 4) is 17.0 Å². The number of hydrogen-bond acceptors (Lipinski definition) is 10. The lowest BCUT2D eigenvalue weighted by Gasteiger charge is -2.33. The number of alkyl carbamates (subject to hydrolysis) is 1. The molecule has 0 fully saturated rings. The SMILES string of the molecule is CCOP(=O)(COc1ccc(C[C@H](NC(=O)[C@@H](NC(=O)OC)C(C)(C)C)[C@@H](O)CNCc2ccc(-c3ccccn3)cc2)cc1)OCC. The number of aromatic nitrogens is 1. The Morgan fingerprint density at radius 2 is 1.56 bits per heavy atom. The van der Waals surface area contributed by atoms with E-state index in [4.69, 9.17) is 18.5 Å². The van der Waals surface area contributed by atoms with Crippen LogP contribution in [-0.4, -0.2) is 73.5 Å². The van der Waals surface area contributed by atoms with E-state index >= 15 is 0 Å². The highest BCUT2D eigenvalue weighted by molar-refractivity contribution is 7.53. The number of aliphatic hydroxyl groups excluding tert-OH is 1. The summed E-state index contributed by atoms with van der Waals surface area (Å²) in [5.41, 5.74) is 3.07. The van der Waals surface area contributed by atoms with E-state index < -0.39 is 43.2 Å². The molecular weight excluding hydrogens is 635 g/mol. The Kier molecular flexibility index (Phi) is 15.0. The molecule has 0 spiro atoms. The molecule has 0 aliphatic heterocycles. The minimum Gasteiger partial charge on any atom is -0.481 e. The number of nitrogens with one attached hydrogen (secondary N) is 3. The van der Waals surface area contributed by atoms with E-state index in [1.807, 2.05) is 63.2 Å². The van der Waals surface area contributed by atoms with Crippen molar-refractivity contribution in [2.24, 2.45) is 5.41 Å². The topological polar surface area (TPSA) is 157 Å². The van der Waals surface area contributed by atoms with Crippen molar-refractivity contribution in [1.29, 1.82) is 0 Å². The summed E-state index contributed by atoms with van der Waals surface area (Å²) in [4.78, 5) is 30.0. The lowest BCUT2D eigenvalue weighted by molar-refractivity contribution is -0.127. The number of rotatable bonds is 18. The lowest BCUT2D eigenvalue weighted by atomic mass is 9.85. The van der Waals surface area contributed by atoms with Crippen LogP contribution in [0.1, 0.15) is 45.7 Å². The fraction of sp³-hybridized carbons (Fsp3) is 0.457. The molecule has 0 aliphatic carbocycles. The van der Waals surface area contributed by atoms with Gasteiger partial charge in [-0.1, -0.05) is 63.2 Å². The van der Waals surface area contributed by atoms with Crippen molar-refractivity contribution in [3.05, 3.63) is 84.1 Å². The number of methoxy groups -OCH3 is 1. The number of nitrogens with zero attached hydrogens (tertiary/aromatic N) is 1. The number of hydrogen-bond donors (Lipinski definition) is 4. The summed E-state index contributed by atoms with van der Waals surface area (Å²) in [5.74, 6) is 0.00920. The summed E-state index contributed by atoms with van der Waals surface area (Å²) in [5, 5.41) is 20.2. The maximum absolute atomic E-state index is 13.5. The van der Waals surface area contributed by atoms with Crippen molar-refractivity contribution in [2.45, 2.75) is 65.8 Å². The van der Waals surface area contributed by atoms with Crippen molar-refractivity contribution >= 4 is 19.6 Å². The van der Waals surface area contributed by atoms with Crippen LogP contribution < -0.4 is 20.7 Å². The molecule has 0 unspecified atom stereocenters. The average molecular weight is 685 g/mol. The number of benzene rings is 2. The molecule has 3 atom stereocenters. The van der Waals surface area contributed by atoms with E-state index in [2.05, 4.69) is 20.9 Å². The molecule has 3 rings (SSSR count). The van der Waals surface area contributed by atoms with Crippen LogP contribution in [0.3, 0.4) is 0 Å². The Balaban J connectivity index is 1.71. The molecule has 2 amide bonds. The first-order valence-corrected chi connectivity index (χ1v) is 17.7. The Morgan fingerprint density at radius 1 is 0.917 bits per heavy atom. The Hall–Kier alpha value is -3.80. The molecule has 262 valence electrons. The average Bonchev–Trinajstić information content (AvgIpc) is 3.06. The maximum atomic E-state index is 13.5. The predicted molar refractivity (Wildman–Crippen MR) is 185 cm³/mol. The molecule has 12 nitrogen and oxygen atoms in total. The quantitative estimate of drug-likeness (QED) is 0.130. The highest BCUT2D eigenvalue weighted by Gasteiger charge is 2.35. The second-order valence-corrected chi connectivity index (χ2v) is 14.2. The van der Waals surface area contributed by atoms with Crippen LogP contribution in [0.2, 0.25) is 0 Å². The first-order chi connectivity index (χ1) is 22.9. The summed E-state index contributed by atoms with van der Waals surface area (Å²) < 4.78 is 33.8. The van der Waals surface area contributed by atoms with Gasteiger partial charge < -0.3 is 39.6 Å². The first kappa shape index (κ1) is 38.6. The van der Waals surface area contributed by atoms with Gasteiger partial charge in [0.25, 0.3) is 0 Å². The molecular formula is C35H49N4O8P. The van der Waals surface area contributed by atoms with Crippen LogP contribution in [-0.2, 0) is 36.1 Å². The molecule has 0 aliphatic rings. The zero-order valence-corrected chi connectivity index (χ0v) is 29.5. The van der Waals surface area contributed by atoms with Gasteiger partial charge in [0.15, 0.2) is 6.35 Å². The van der Waals surface area contributed by atoms with E-state index in [0.29, 0.717) is 12.3 Å². The van der Waals surface area contributed by atoms with E-state index in [1.165, 1.54) is 7.11 Å². The molecule has 3 aromatic rings. The van der Waals surface area contributed by atoms with E-state index in [0.717, 1.165) is 22.4 Å². The van der Waals surface area contributed by atoms with Crippen molar-refractivity contribution in [3.63, 3.8) is 0 Å². The summed E-state index contributed by atoms with van der Waals surface area (Å²) in [7, 11) is -2.15. The fourth-order valence-corrected chi connectivity index (χ4v) is 6.19. The van der Waals surface area contributed by atoms with Crippen LogP contribution in [0.25, 0.3) is 11.3 Å². The third-order valence-corrected chi connectivity index (χ3v) is 9.13. The standard InChI is InChI=1S/C35H49N4O8P/c1-7-46-48(43,47-8-2)24-45-28-18-14-25(15-19-28)21-30(38-33(41)32(35(3,4)5)39-34(42)44-6)31(40)23-36-22-26-12-16-27(17-13-26)29-11-9-10-20-37-29/h9-20,30-32,36,40H,7-8,21-24H2,1-6H3,(H,38,41)(H,39,42)/t30-,31-,32+/m0/s1. The Morgan fingerprint density at radius 3 is 2.12 bits per heavy atom. The van der Waals surface area contributed by atoms with Gasteiger partial charge in [0, 0.05) is 24.8 Å². The van der Waals surface area contributed by atoms with Gasteiger partial charge in [-0.2, -0.15) is 0 Å². The van der Waals surface area contributed by atoms with Gasteiger partial charge in [-0.25, -0.2) is 4.79 Å². The summed E-state index contributed by atoms with van der Waals surface area (Å²) in [6.07, 6.45) is 0.0835. The monoisotopic (exact) mass is 684 g/mol. The van der Waals surface area contributed by atoms with E-state index in [9.17, 15) is 19.3 Å². The molecule has 0 bridgehead atoms. The van der Waals surface area contributed by atoms with Crippen molar-refractivity contribution in [2.75, 3.05) is 33.2 Å². The summed E-state index contributed by atoms with van der Waals surface area (Å²) in [6.45, 7) is 10.1. The number of carbonyl (C=O) groups excluding carboxylic acids is 2. The van der Waals surface area contributed by atoms with Crippen LogP contribution in [0, 0.1) is 5.41 Å². The highest BCUT2D eigenvalue weighted by atomic mass is 31.2. The number of aliphatic hydroxyl groups is 1.